The molecule has 2 atom stereocenters. The third-order valence-electron chi connectivity index (χ3n) is 7.18. The van der Waals surface area contributed by atoms with Gasteiger partial charge in [0.15, 0.2) is 5.78 Å². The number of ketones is 1. The predicted octanol–water partition coefficient (Wildman–Crippen LogP) is 5.46. The standard InChI is InChI=1S/C32H31N3O9/c1-4-42-29(37)32(23(3)36)19-28(22(2)26-15-17-27(18-16-26)35(40)41)33(30(38)43-20-24-11-7-5-8-12-24)34(32)31(39)44-21-25-13-9-6-10-14-25/h5-18,28H,2,4,19-21H2,1,3H3/t28-,32+/m0/s1. The lowest BCUT2D eigenvalue weighted by atomic mass is 9.85. The Balaban J connectivity index is 1.80. The van der Waals surface area contributed by atoms with Crippen molar-refractivity contribution in [3.05, 3.63) is 118 Å². The van der Waals surface area contributed by atoms with Gasteiger partial charge in [0, 0.05) is 18.6 Å². The van der Waals surface area contributed by atoms with Gasteiger partial charge in [-0.2, -0.15) is 5.01 Å². The van der Waals surface area contributed by atoms with Crippen LogP contribution >= 0.6 is 0 Å². The number of Topliss-reactive ketones (excluding diaryl/α,β-unsaturated/α-hetero) is 1. The molecule has 4 rings (SSSR count). The molecular formula is C32H31N3O9. The van der Waals surface area contributed by atoms with Crippen LogP contribution in [-0.4, -0.2) is 57.1 Å². The zero-order valence-corrected chi connectivity index (χ0v) is 24.2. The number of benzene rings is 3. The summed E-state index contributed by atoms with van der Waals surface area (Å²) in [7, 11) is 0. The molecule has 1 aliphatic heterocycles. The molecule has 44 heavy (non-hydrogen) atoms. The van der Waals surface area contributed by atoms with Gasteiger partial charge in [0.1, 0.15) is 13.2 Å². The normalized spacial score (nSPS) is 17.5. The molecule has 12 heteroatoms. The lowest BCUT2D eigenvalue weighted by Gasteiger charge is -2.37. The third kappa shape index (κ3) is 6.43. The van der Waals surface area contributed by atoms with E-state index in [-0.39, 0.29) is 31.1 Å². The van der Waals surface area contributed by atoms with Gasteiger partial charge >= 0.3 is 18.2 Å². The van der Waals surface area contributed by atoms with Gasteiger partial charge in [-0.3, -0.25) is 14.9 Å². The second-order valence-corrected chi connectivity index (χ2v) is 9.92. The van der Waals surface area contributed by atoms with E-state index in [1.807, 2.05) is 0 Å². The largest absolute Gasteiger partial charge is 0.464 e. The van der Waals surface area contributed by atoms with Crippen molar-refractivity contribution in [3.63, 3.8) is 0 Å². The van der Waals surface area contributed by atoms with Gasteiger partial charge < -0.3 is 14.2 Å². The number of hydrogen-bond donors (Lipinski definition) is 0. The fraction of sp³-hybridized carbons (Fsp3) is 0.250. The zero-order chi connectivity index (χ0) is 31.9. The Morgan fingerprint density at radius 2 is 1.39 bits per heavy atom. The molecule has 228 valence electrons. The van der Waals surface area contributed by atoms with E-state index >= 15 is 0 Å². The second-order valence-electron chi connectivity index (χ2n) is 9.92. The highest BCUT2D eigenvalue weighted by molar-refractivity contribution is 6.11. The highest BCUT2D eigenvalue weighted by atomic mass is 16.6. The summed E-state index contributed by atoms with van der Waals surface area (Å²) in [5.74, 6) is -1.85. The van der Waals surface area contributed by atoms with E-state index < -0.39 is 46.9 Å². The van der Waals surface area contributed by atoms with Gasteiger partial charge in [-0.05, 0) is 48.2 Å². The van der Waals surface area contributed by atoms with Crippen molar-refractivity contribution in [3.8, 4) is 0 Å². The molecule has 0 unspecified atom stereocenters. The van der Waals surface area contributed by atoms with E-state index in [0.29, 0.717) is 21.7 Å². The molecule has 1 fully saturated rings. The van der Waals surface area contributed by atoms with Gasteiger partial charge in [0.05, 0.1) is 17.6 Å². The molecule has 1 aliphatic rings. The minimum atomic E-state index is -2.32. The van der Waals surface area contributed by atoms with Crippen LogP contribution in [0.4, 0.5) is 15.3 Å². The molecule has 0 bridgehead atoms. The average molecular weight is 602 g/mol. The molecule has 2 amide bonds. The zero-order valence-electron chi connectivity index (χ0n) is 24.2. The second kappa shape index (κ2) is 13.6. The summed E-state index contributed by atoms with van der Waals surface area (Å²) in [6, 6.07) is 21.6. The number of nitro benzene ring substituents is 1. The number of hydrogen-bond acceptors (Lipinski definition) is 9. The lowest BCUT2D eigenvalue weighted by molar-refractivity contribution is -0.384. The Kier molecular flexibility index (Phi) is 9.74. The minimum absolute atomic E-state index is 0.118. The van der Waals surface area contributed by atoms with Gasteiger partial charge in [0.2, 0.25) is 5.54 Å². The molecular weight excluding hydrogens is 570 g/mol. The number of esters is 1. The van der Waals surface area contributed by atoms with E-state index in [0.717, 1.165) is 11.9 Å². The molecule has 0 aromatic heterocycles. The molecule has 0 radical (unpaired) electrons. The molecule has 0 saturated carbocycles. The summed E-state index contributed by atoms with van der Waals surface area (Å²) in [5, 5.41) is 12.7. The maximum Gasteiger partial charge on any atom is 0.430 e. The smallest absolute Gasteiger partial charge is 0.430 e. The predicted molar refractivity (Wildman–Crippen MR) is 158 cm³/mol. The van der Waals surface area contributed by atoms with Crippen molar-refractivity contribution in [2.24, 2.45) is 0 Å². The minimum Gasteiger partial charge on any atom is -0.464 e. The van der Waals surface area contributed by atoms with Gasteiger partial charge in [-0.25, -0.2) is 19.4 Å². The first-order valence-electron chi connectivity index (χ1n) is 13.7. The Hall–Kier alpha value is -5.52. The van der Waals surface area contributed by atoms with Crippen LogP contribution in [0, 0.1) is 10.1 Å². The third-order valence-corrected chi connectivity index (χ3v) is 7.18. The molecule has 1 saturated heterocycles. The van der Waals surface area contributed by atoms with Crippen LogP contribution in [0.2, 0.25) is 0 Å². The molecule has 0 spiro atoms. The highest BCUT2D eigenvalue weighted by Gasteiger charge is 2.65. The van der Waals surface area contributed by atoms with E-state index in [1.54, 1.807) is 60.7 Å². The van der Waals surface area contributed by atoms with Crippen LogP contribution in [-0.2, 0) is 37.0 Å². The Morgan fingerprint density at radius 1 is 0.864 bits per heavy atom. The molecule has 3 aromatic carbocycles. The van der Waals surface area contributed by atoms with Crippen LogP contribution in [0.3, 0.4) is 0 Å². The summed E-state index contributed by atoms with van der Waals surface area (Å²) >= 11 is 0. The lowest BCUT2D eigenvalue weighted by Crippen LogP contribution is -2.63. The number of amides is 2. The van der Waals surface area contributed by atoms with Gasteiger partial charge in [0.25, 0.3) is 5.69 Å². The molecule has 12 nitrogen and oxygen atoms in total. The molecule has 0 aliphatic carbocycles. The molecule has 3 aromatic rings. The summed E-state index contributed by atoms with van der Waals surface area (Å²) < 4.78 is 16.4. The van der Waals surface area contributed by atoms with E-state index in [2.05, 4.69) is 6.58 Å². The van der Waals surface area contributed by atoms with Crippen LogP contribution in [0.25, 0.3) is 5.57 Å². The Labute approximate surface area is 253 Å². The summed E-state index contributed by atoms with van der Waals surface area (Å²) in [6.07, 6.45) is -2.67. The maximum atomic E-state index is 13.9. The molecule has 1 heterocycles. The van der Waals surface area contributed by atoms with Crippen LogP contribution in [0.1, 0.15) is 37.0 Å². The summed E-state index contributed by atoms with van der Waals surface area (Å²) in [6.45, 7) is 6.20. The number of hydrazine groups is 1. The monoisotopic (exact) mass is 601 g/mol. The SMILES string of the molecule is C=C(c1ccc([N+](=O)[O-])cc1)[C@@H]1C[C@@](C(C)=O)(C(=O)OCC)N(C(=O)OCc2ccccc2)N1C(=O)OCc1ccccc1. The quantitative estimate of drug-likeness (QED) is 0.0971. The van der Waals surface area contributed by atoms with E-state index in [4.69, 9.17) is 14.2 Å². The number of carbonyl (C=O) groups is 4. The number of non-ortho nitro benzene ring substituents is 1. The topological polar surface area (TPSA) is 146 Å². The summed E-state index contributed by atoms with van der Waals surface area (Å²) in [5.41, 5.74) is -0.680. The Morgan fingerprint density at radius 3 is 1.86 bits per heavy atom. The average Bonchev–Trinajstić information content (AvgIpc) is 3.41. The highest BCUT2D eigenvalue weighted by Crippen LogP contribution is 2.43. The van der Waals surface area contributed by atoms with Crippen LogP contribution in [0.5, 0.6) is 0 Å². The fourth-order valence-corrected chi connectivity index (χ4v) is 4.91. The van der Waals surface area contributed by atoms with Crippen molar-refractivity contribution in [1.29, 1.82) is 0 Å². The van der Waals surface area contributed by atoms with Crippen molar-refractivity contribution >= 4 is 35.2 Å². The van der Waals surface area contributed by atoms with Crippen molar-refractivity contribution in [2.45, 2.75) is 45.1 Å². The number of ether oxygens (including phenoxy) is 3. The summed E-state index contributed by atoms with van der Waals surface area (Å²) in [4.78, 5) is 65.4. The fourth-order valence-electron chi connectivity index (χ4n) is 4.91. The molecule has 0 N–H and O–H groups in total. The van der Waals surface area contributed by atoms with E-state index in [1.165, 1.54) is 31.2 Å². The van der Waals surface area contributed by atoms with Crippen LogP contribution < -0.4 is 0 Å². The number of nitro groups is 1. The number of carbonyl (C=O) groups excluding carboxylic acids is 4. The van der Waals surface area contributed by atoms with Crippen molar-refractivity contribution in [1.82, 2.24) is 10.0 Å². The maximum absolute atomic E-state index is 13.9. The van der Waals surface area contributed by atoms with Crippen molar-refractivity contribution < 1.29 is 38.3 Å². The Bertz CT molecular complexity index is 1540. The number of rotatable bonds is 10. The first kappa shape index (κ1) is 31.4. The van der Waals surface area contributed by atoms with Crippen molar-refractivity contribution in [2.75, 3.05) is 6.61 Å². The first-order valence-corrected chi connectivity index (χ1v) is 13.7. The number of nitrogens with zero attached hydrogens (tertiary/aromatic N) is 3. The first-order chi connectivity index (χ1) is 21.1. The van der Waals surface area contributed by atoms with Crippen LogP contribution in [0.15, 0.2) is 91.5 Å². The van der Waals surface area contributed by atoms with E-state index in [9.17, 15) is 29.3 Å². The van der Waals surface area contributed by atoms with Gasteiger partial charge in [-0.15, -0.1) is 0 Å². The van der Waals surface area contributed by atoms with Gasteiger partial charge in [-0.1, -0.05) is 67.2 Å².